The summed E-state index contributed by atoms with van der Waals surface area (Å²) in [5, 5.41) is 2.91. The molecule has 0 saturated heterocycles. The van der Waals surface area contributed by atoms with E-state index in [1.54, 1.807) is 12.1 Å². The van der Waals surface area contributed by atoms with Crippen LogP contribution in [0.1, 0.15) is 23.0 Å². The summed E-state index contributed by atoms with van der Waals surface area (Å²) in [6.07, 6.45) is 1.99. The van der Waals surface area contributed by atoms with Crippen LogP contribution in [0.4, 0.5) is 0 Å². The normalized spacial score (nSPS) is 10.4. The van der Waals surface area contributed by atoms with E-state index in [0.29, 0.717) is 28.1 Å². The highest BCUT2D eigenvalue weighted by molar-refractivity contribution is 9.10. The maximum Gasteiger partial charge on any atom is 0.259 e. The van der Waals surface area contributed by atoms with E-state index in [2.05, 4.69) is 32.7 Å². The molecule has 22 heavy (non-hydrogen) atoms. The average molecular weight is 367 g/mol. The van der Waals surface area contributed by atoms with Crippen LogP contribution in [0.25, 0.3) is 0 Å². The molecule has 0 unspecified atom stereocenters. The molecule has 1 N–H and O–H groups in total. The van der Waals surface area contributed by atoms with Crippen molar-refractivity contribution in [3.8, 4) is 11.5 Å². The van der Waals surface area contributed by atoms with Crippen LogP contribution in [0, 0.1) is 0 Å². The molecule has 0 aliphatic rings. The fourth-order valence-corrected chi connectivity index (χ4v) is 2.79. The van der Waals surface area contributed by atoms with Crippen molar-refractivity contribution in [1.29, 1.82) is 0 Å². The van der Waals surface area contributed by atoms with Crippen LogP contribution in [0.2, 0.25) is 0 Å². The Morgan fingerprint density at radius 3 is 2.68 bits per heavy atom. The smallest absolute Gasteiger partial charge is 0.259 e. The Kier molecular flexibility index (Phi) is 5.49. The maximum absolute atomic E-state index is 12.5. The number of aryl methyl sites for hydroxylation is 1. The van der Waals surface area contributed by atoms with Gasteiger partial charge in [-0.25, -0.2) is 0 Å². The van der Waals surface area contributed by atoms with Gasteiger partial charge in [0.15, 0.2) is 0 Å². The molecule has 6 heteroatoms. The number of carbonyl (C=O) groups excluding carboxylic acids is 1. The van der Waals surface area contributed by atoms with Gasteiger partial charge in [0.2, 0.25) is 0 Å². The molecular formula is C16H19BrN2O3. The van der Waals surface area contributed by atoms with Crippen molar-refractivity contribution >= 4 is 21.8 Å². The van der Waals surface area contributed by atoms with Crippen molar-refractivity contribution in [3.63, 3.8) is 0 Å². The highest BCUT2D eigenvalue weighted by Gasteiger charge is 2.20. The number of halogens is 1. The molecule has 0 aliphatic heterocycles. The quantitative estimate of drug-likeness (QED) is 0.853. The number of aromatic nitrogens is 1. The molecule has 0 spiro atoms. The van der Waals surface area contributed by atoms with Crippen molar-refractivity contribution in [3.05, 3.63) is 46.2 Å². The molecule has 118 valence electrons. The monoisotopic (exact) mass is 366 g/mol. The van der Waals surface area contributed by atoms with Gasteiger partial charge in [-0.05, 0) is 47.1 Å². The first-order valence-corrected chi connectivity index (χ1v) is 7.74. The third kappa shape index (κ3) is 3.27. The van der Waals surface area contributed by atoms with Crippen LogP contribution in [-0.4, -0.2) is 24.7 Å². The van der Waals surface area contributed by atoms with Gasteiger partial charge in [0.1, 0.15) is 17.1 Å². The third-order valence-corrected chi connectivity index (χ3v) is 4.04. The lowest BCUT2D eigenvalue weighted by atomic mass is 10.1. The first-order chi connectivity index (χ1) is 10.6. The minimum absolute atomic E-state index is 0.237. The SMILES string of the molecule is CCn1cccc1CNC(=O)c1c(OC)ccc(Br)c1OC. The Morgan fingerprint density at radius 2 is 2.05 bits per heavy atom. The predicted octanol–water partition coefficient (Wildman–Crippen LogP) is 3.22. The lowest BCUT2D eigenvalue weighted by Gasteiger charge is -2.15. The summed E-state index contributed by atoms with van der Waals surface area (Å²) in [6, 6.07) is 7.47. The standard InChI is InChI=1S/C16H19BrN2O3/c1-4-19-9-5-6-11(19)10-18-16(20)14-13(21-2)8-7-12(17)15(14)22-3/h5-9H,4,10H2,1-3H3,(H,18,20). The van der Waals surface area contributed by atoms with E-state index in [-0.39, 0.29) is 5.91 Å². The molecule has 1 aromatic heterocycles. The topological polar surface area (TPSA) is 52.5 Å². The van der Waals surface area contributed by atoms with E-state index in [9.17, 15) is 4.79 Å². The van der Waals surface area contributed by atoms with Gasteiger partial charge in [-0.3, -0.25) is 4.79 Å². The molecule has 2 rings (SSSR count). The van der Waals surface area contributed by atoms with E-state index in [1.165, 1.54) is 14.2 Å². The Labute approximate surface area is 138 Å². The molecule has 5 nitrogen and oxygen atoms in total. The summed E-state index contributed by atoms with van der Waals surface area (Å²) >= 11 is 3.39. The molecule has 0 bridgehead atoms. The number of ether oxygens (including phenoxy) is 2. The van der Waals surface area contributed by atoms with Gasteiger partial charge in [0.25, 0.3) is 5.91 Å². The van der Waals surface area contributed by atoms with Crippen molar-refractivity contribution in [2.45, 2.75) is 20.0 Å². The van der Waals surface area contributed by atoms with Gasteiger partial charge < -0.3 is 19.4 Å². The Bertz CT molecular complexity index is 667. The summed E-state index contributed by atoms with van der Waals surface area (Å²) in [6.45, 7) is 3.37. The van der Waals surface area contributed by atoms with Crippen molar-refractivity contribution in [2.24, 2.45) is 0 Å². The molecule has 0 radical (unpaired) electrons. The second-order valence-electron chi connectivity index (χ2n) is 4.63. The molecule has 1 aromatic carbocycles. The number of nitrogens with one attached hydrogen (secondary N) is 1. The van der Waals surface area contributed by atoms with Crippen LogP contribution in [0.3, 0.4) is 0 Å². The molecule has 0 fully saturated rings. The molecule has 2 aromatic rings. The predicted molar refractivity (Wildman–Crippen MR) is 88.5 cm³/mol. The molecular weight excluding hydrogens is 348 g/mol. The number of nitrogens with zero attached hydrogens (tertiary/aromatic N) is 1. The summed E-state index contributed by atoms with van der Waals surface area (Å²) < 4.78 is 13.4. The minimum atomic E-state index is -0.237. The number of methoxy groups -OCH3 is 2. The number of hydrogen-bond donors (Lipinski definition) is 1. The summed E-state index contributed by atoms with van der Waals surface area (Å²) in [5.41, 5.74) is 1.43. The number of benzene rings is 1. The first kappa shape index (κ1) is 16.4. The lowest BCUT2D eigenvalue weighted by Crippen LogP contribution is -2.25. The Morgan fingerprint density at radius 1 is 1.27 bits per heavy atom. The highest BCUT2D eigenvalue weighted by atomic mass is 79.9. The zero-order valence-electron chi connectivity index (χ0n) is 12.9. The summed E-state index contributed by atoms with van der Waals surface area (Å²) in [4.78, 5) is 12.5. The number of rotatable bonds is 6. The fraction of sp³-hybridized carbons (Fsp3) is 0.312. The van der Waals surface area contributed by atoms with E-state index in [1.807, 2.05) is 18.3 Å². The first-order valence-electron chi connectivity index (χ1n) is 6.95. The van der Waals surface area contributed by atoms with Crippen molar-refractivity contribution in [1.82, 2.24) is 9.88 Å². The van der Waals surface area contributed by atoms with Crippen LogP contribution >= 0.6 is 15.9 Å². The van der Waals surface area contributed by atoms with Crippen molar-refractivity contribution < 1.29 is 14.3 Å². The number of amides is 1. The van der Waals surface area contributed by atoms with Gasteiger partial charge in [0.05, 0.1) is 25.2 Å². The van der Waals surface area contributed by atoms with Gasteiger partial charge in [0, 0.05) is 18.4 Å². The third-order valence-electron chi connectivity index (χ3n) is 3.42. The zero-order chi connectivity index (χ0) is 16.1. The Balaban J connectivity index is 2.24. The van der Waals surface area contributed by atoms with E-state index in [0.717, 1.165) is 12.2 Å². The second kappa shape index (κ2) is 7.35. The van der Waals surface area contributed by atoms with Crippen LogP contribution < -0.4 is 14.8 Å². The van der Waals surface area contributed by atoms with E-state index >= 15 is 0 Å². The molecule has 0 atom stereocenters. The molecule has 0 saturated carbocycles. The van der Waals surface area contributed by atoms with E-state index in [4.69, 9.17) is 9.47 Å². The van der Waals surface area contributed by atoms with Crippen LogP contribution in [0.15, 0.2) is 34.9 Å². The largest absolute Gasteiger partial charge is 0.496 e. The van der Waals surface area contributed by atoms with Crippen molar-refractivity contribution in [2.75, 3.05) is 14.2 Å². The number of hydrogen-bond acceptors (Lipinski definition) is 3. The summed E-state index contributed by atoms with van der Waals surface area (Å²) in [5.74, 6) is 0.699. The maximum atomic E-state index is 12.5. The Hall–Kier alpha value is -1.95. The molecule has 0 aliphatic carbocycles. The van der Waals surface area contributed by atoms with Gasteiger partial charge in [-0.15, -0.1) is 0 Å². The van der Waals surface area contributed by atoms with Crippen LogP contribution in [0.5, 0.6) is 11.5 Å². The van der Waals surface area contributed by atoms with E-state index < -0.39 is 0 Å². The molecule has 1 heterocycles. The second-order valence-corrected chi connectivity index (χ2v) is 5.48. The van der Waals surface area contributed by atoms with Gasteiger partial charge >= 0.3 is 0 Å². The van der Waals surface area contributed by atoms with Gasteiger partial charge in [-0.1, -0.05) is 0 Å². The fourth-order valence-electron chi connectivity index (χ4n) is 2.30. The van der Waals surface area contributed by atoms with Gasteiger partial charge in [-0.2, -0.15) is 0 Å². The average Bonchev–Trinajstić information content (AvgIpc) is 2.99. The summed E-state index contributed by atoms with van der Waals surface area (Å²) in [7, 11) is 3.06. The lowest BCUT2D eigenvalue weighted by molar-refractivity contribution is 0.0943. The minimum Gasteiger partial charge on any atom is -0.496 e. The molecule has 1 amide bonds. The zero-order valence-corrected chi connectivity index (χ0v) is 14.4. The van der Waals surface area contributed by atoms with Crippen LogP contribution in [-0.2, 0) is 13.1 Å². The highest BCUT2D eigenvalue weighted by Crippen LogP contribution is 2.35. The number of carbonyl (C=O) groups is 1.